The molecule has 2 N–H and O–H groups in total. The van der Waals surface area contributed by atoms with E-state index < -0.39 is 12.7 Å². The topological polar surface area (TPSA) is 59.0 Å². The molecule has 0 aliphatic heterocycles. The fourth-order valence-electron chi connectivity index (χ4n) is 1.36. The van der Waals surface area contributed by atoms with Crippen molar-refractivity contribution in [2.24, 2.45) is 7.05 Å². The van der Waals surface area contributed by atoms with Crippen LogP contribution in [0.3, 0.4) is 0 Å². The van der Waals surface area contributed by atoms with Crippen LogP contribution < -0.4 is 10.6 Å². The van der Waals surface area contributed by atoms with E-state index in [-0.39, 0.29) is 12.5 Å². The second-order valence-electron chi connectivity index (χ2n) is 3.83. The van der Waals surface area contributed by atoms with Crippen LogP contribution in [0.4, 0.5) is 14.9 Å². The van der Waals surface area contributed by atoms with Gasteiger partial charge in [-0.2, -0.15) is 5.10 Å². The van der Waals surface area contributed by atoms with Gasteiger partial charge in [-0.1, -0.05) is 13.8 Å². The third-order valence-electron chi connectivity index (χ3n) is 2.03. The monoisotopic (exact) mass is 228 g/mol. The van der Waals surface area contributed by atoms with Crippen LogP contribution in [0.5, 0.6) is 0 Å². The van der Waals surface area contributed by atoms with Crippen molar-refractivity contribution in [3.63, 3.8) is 0 Å². The lowest BCUT2D eigenvalue weighted by Gasteiger charge is -2.07. The molecular formula is C10H17FN4O. The van der Waals surface area contributed by atoms with E-state index in [1.807, 2.05) is 13.8 Å². The molecular weight excluding hydrogens is 211 g/mol. The summed E-state index contributed by atoms with van der Waals surface area (Å²) >= 11 is 0. The lowest BCUT2D eigenvalue weighted by molar-refractivity contribution is 0.251. The quantitative estimate of drug-likeness (QED) is 0.823. The van der Waals surface area contributed by atoms with Crippen LogP contribution in [-0.2, 0) is 7.05 Å². The Balaban J connectivity index is 2.68. The summed E-state index contributed by atoms with van der Waals surface area (Å²) in [4.78, 5) is 11.3. The molecule has 1 heterocycles. The Morgan fingerprint density at radius 1 is 1.62 bits per heavy atom. The summed E-state index contributed by atoms with van der Waals surface area (Å²) in [5, 5.41) is 9.29. The molecule has 0 aromatic carbocycles. The van der Waals surface area contributed by atoms with Crippen molar-refractivity contribution in [1.29, 1.82) is 0 Å². The number of hydrogen-bond acceptors (Lipinski definition) is 2. The van der Waals surface area contributed by atoms with Crippen LogP contribution in [0.1, 0.15) is 25.5 Å². The molecule has 0 aliphatic rings. The SMILES string of the molecule is CC(C)c1nn(C)cc1NC(=O)NCCF. The van der Waals surface area contributed by atoms with Crippen molar-refractivity contribution >= 4 is 11.7 Å². The highest BCUT2D eigenvalue weighted by Crippen LogP contribution is 2.21. The van der Waals surface area contributed by atoms with Crippen LogP contribution in [-0.4, -0.2) is 29.0 Å². The van der Waals surface area contributed by atoms with Crippen molar-refractivity contribution in [3.8, 4) is 0 Å². The molecule has 0 atom stereocenters. The van der Waals surface area contributed by atoms with Gasteiger partial charge in [0.05, 0.1) is 11.4 Å². The average molecular weight is 228 g/mol. The molecule has 0 radical (unpaired) electrons. The summed E-state index contributed by atoms with van der Waals surface area (Å²) in [6, 6.07) is -0.410. The molecule has 2 amide bonds. The number of carbonyl (C=O) groups is 1. The molecule has 1 rings (SSSR count). The molecule has 1 aromatic rings. The van der Waals surface area contributed by atoms with E-state index in [0.717, 1.165) is 5.69 Å². The zero-order valence-electron chi connectivity index (χ0n) is 9.75. The predicted octanol–water partition coefficient (Wildman–Crippen LogP) is 1.63. The summed E-state index contributed by atoms with van der Waals surface area (Å²) in [7, 11) is 1.79. The first kappa shape index (κ1) is 12.5. The van der Waals surface area contributed by atoms with E-state index >= 15 is 0 Å². The minimum Gasteiger partial charge on any atom is -0.335 e. The number of halogens is 1. The minimum atomic E-state index is -0.572. The number of rotatable bonds is 4. The normalized spacial score (nSPS) is 10.6. The molecule has 0 spiro atoms. The van der Waals surface area contributed by atoms with Gasteiger partial charge in [0, 0.05) is 19.8 Å². The van der Waals surface area contributed by atoms with Crippen molar-refractivity contribution in [1.82, 2.24) is 15.1 Å². The van der Waals surface area contributed by atoms with Gasteiger partial charge in [0.15, 0.2) is 0 Å². The van der Waals surface area contributed by atoms with Gasteiger partial charge in [-0.15, -0.1) is 0 Å². The van der Waals surface area contributed by atoms with Crippen molar-refractivity contribution in [2.75, 3.05) is 18.5 Å². The number of hydrogen-bond donors (Lipinski definition) is 2. The lowest BCUT2D eigenvalue weighted by Crippen LogP contribution is -2.30. The molecule has 0 bridgehead atoms. The highest BCUT2D eigenvalue weighted by molar-refractivity contribution is 5.89. The van der Waals surface area contributed by atoms with Gasteiger partial charge in [0.1, 0.15) is 6.67 Å². The molecule has 0 aliphatic carbocycles. The molecule has 1 aromatic heterocycles. The maximum atomic E-state index is 11.8. The zero-order valence-corrected chi connectivity index (χ0v) is 9.75. The second kappa shape index (κ2) is 5.48. The highest BCUT2D eigenvalue weighted by atomic mass is 19.1. The smallest absolute Gasteiger partial charge is 0.319 e. The molecule has 16 heavy (non-hydrogen) atoms. The van der Waals surface area contributed by atoms with Crippen LogP contribution in [0.25, 0.3) is 0 Å². The Labute approximate surface area is 94.0 Å². The van der Waals surface area contributed by atoms with Gasteiger partial charge in [0.2, 0.25) is 0 Å². The van der Waals surface area contributed by atoms with Gasteiger partial charge >= 0.3 is 6.03 Å². The number of amides is 2. The van der Waals surface area contributed by atoms with Crippen LogP contribution in [0, 0.1) is 0 Å². The number of nitrogens with zero attached hydrogens (tertiary/aromatic N) is 2. The summed E-state index contributed by atoms with van der Waals surface area (Å²) in [5.41, 5.74) is 1.48. The number of carbonyl (C=O) groups excluding carboxylic acids is 1. The van der Waals surface area contributed by atoms with Gasteiger partial charge < -0.3 is 10.6 Å². The summed E-state index contributed by atoms with van der Waals surface area (Å²) in [6.45, 7) is 3.43. The van der Waals surface area contributed by atoms with Crippen LogP contribution in [0.2, 0.25) is 0 Å². The van der Waals surface area contributed by atoms with Gasteiger partial charge in [-0.3, -0.25) is 4.68 Å². The maximum absolute atomic E-state index is 11.8. The fraction of sp³-hybridized carbons (Fsp3) is 0.600. The Bertz CT molecular complexity index is 362. The van der Waals surface area contributed by atoms with Crippen molar-refractivity contribution in [3.05, 3.63) is 11.9 Å². The number of anilines is 1. The summed E-state index contributed by atoms with van der Waals surface area (Å²) in [6.07, 6.45) is 1.73. The second-order valence-corrected chi connectivity index (χ2v) is 3.83. The Morgan fingerprint density at radius 2 is 2.31 bits per heavy atom. The summed E-state index contributed by atoms with van der Waals surface area (Å²) < 4.78 is 13.5. The summed E-state index contributed by atoms with van der Waals surface area (Å²) in [5.74, 6) is 0.220. The van der Waals surface area contributed by atoms with E-state index in [4.69, 9.17) is 0 Å². The minimum absolute atomic E-state index is 0.0170. The molecule has 6 heteroatoms. The number of urea groups is 1. The molecule has 0 saturated carbocycles. The van der Waals surface area contributed by atoms with Crippen molar-refractivity contribution < 1.29 is 9.18 Å². The van der Waals surface area contributed by atoms with Crippen molar-refractivity contribution in [2.45, 2.75) is 19.8 Å². The zero-order chi connectivity index (χ0) is 12.1. The first-order valence-corrected chi connectivity index (χ1v) is 5.19. The van der Waals surface area contributed by atoms with E-state index in [2.05, 4.69) is 15.7 Å². The predicted molar refractivity (Wildman–Crippen MR) is 60.3 cm³/mol. The van der Waals surface area contributed by atoms with Crippen LogP contribution in [0.15, 0.2) is 6.20 Å². The molecule has 90 valence electrons. The van der Waals surface area contributed by atoms with E-state index in [9.17, 15) is 9.18 Å². The molecule has 0 fully saturated rings. The first-order chi connectivity index (χ1) is 7.54. The van der Waals surface area contributed by atoms with E-state index in [1.54, 1.807) is 17.9 Å². The lowest BCUT2D eigenvalue weighted by atomic mass is 10.1. The molecule has 0 unspecified atom stereocenters. The number of nitrogens with one attached hydrogen (secondary N) is 2. The number of alkyl halides is 1. The Kier molecular flexibility index (Phi) is 4.28. The fourth-order valence-corrected chi connectivity index (χ4v) is 1.36. The third-order valence-corrected chi connectivity index (χ3v) is 2.03. The van der Waals surface area contributed by atoms with E-state index in [1.165, 1.54) is 0 Å². The van der Waals surface area contributed by atoms with Gasteiger partial charge in [0.25, 0.3) is 0 Å². The first-order valence-electron chi connectivity index (χ1n) is 5.19. The average Bonchev–Trinajstić information content (AvgIpc) is 2.56. The highest BCUT2D eigenvalue weighted by Gasteiger charge is 2.13. The molecule has 5 nitrogen and oxygen atoms in total. The standard InChI is InChI=1S/C10H17FN4O/c1-7(2)9-8(6-15(3)14-9)13-10(16)12-5-4-11/h6-7H,4-5H2,1-3H3,(H2,12,13,16). The Hall–Kier alpha value is -1.59. The Morgan fingerprint density at radius 3 is 2.88 bits per heavy atom. The largest absolute Gasteiger partial charge is 0.335 e. The third kappa shape index (κ3) is 3.22. The van der Waals surface area contributed by atoms with Gasteiger partial charge in [-0.05, 0) is 5.92 Å². The van der Waals surface area contributed by atoms with Crippen LogP contribution >= 0.6 is 0 Å². The van der Waals surface area contributed by atoms with E-state index in [0.29, 0.717) is 5.69 Å². The van der Waals surface area contributed by atoms with Gasteiger partial charge in [-0.25, -0.2) is 9.18 Å². The number of aromatic nitrogens is 2. The maximum Gasteiger partial charge on any atom is 0.319 e. The number of aryl methyl sites for hydroxylation is 1. The molecule has 0 saturated heterocycles.